The van der Waals surface area contributed by atoms with E-state index >= 15 is 0 Å². The van der Waals surface area contributed by atoms with E-state index in [1.165, 1.54) is 18.4 Å². The zero-order valence-electron chi connectivity index (χ0n) is 8.67. The van der Waals surface area contributed by atoms with Crippen LogP contribution in [0, 0.1) is 0 Å². The number of nitrogens with zero attached hydrogens (tertiary/aromatic N) is 1. The van der Waals surface area contributed by atoms with Crippen LogP contribution in [0.1, 0.15) is 16.8 Å². The van der Waals surface area contributed by atoms with Gasteiger partial charge in [0.15, 0.2) is 0 Å². The molecule has 2 heterocycles. The Hall–Kier alpha value is -1.01. The lowest BCUT2D eigenvalue weighted by Gasteiger charge is -2.15. The van der Waals surface area contributed by atoms with Crippen LogP contribution in [0.25, 0.3) is 0 Å². The maximum absolute atomic E-state index is 11.7. The molecule has 4 nitrogen and oxygen atoms in total. The zero-order chi connectivity index (χ0) is 11.7. The standard InChI is InChI=1S/C10H11NO3S2/c1-14-10(13)7-2-3-16-9(7)11-5-6(15)4-8(11)12/h2-3,6,15H,4-5H2,1H3. The summed E-state index contributed by atoms with van der Waals surface area (Å²) in [6.45, 7) is 0.548. The molecule has 0 N–H and O–H groups in total. The summed E-state index contributed by atoms with van der Waals surface area (Å²) < 4.78 is 4.67. The van der Waals surface area contributed by atoms with Crippen molar-refractivity contribution in [3.63, 3.8) is 0 Å². The van der Waals surface area contributed by atoms with Gasteiger partial charge in [0.25, 0.3) is 0 Å². The molecule has 1 amide bonds. The fourth-order valence-electron chi connectivity index (χ4n) is 1.66. The van der Waals surface area contributed by atoms with E-state index in [0.717, 1.165) is 0 Å². The molecule has 1 fully saturated rings. The molecule has 0 aromatic carbocycles. The van der Waals surface area contributed by atoms with E-state index in [-0.39, 0.29) is 11.2 Å². The number of hydrogen-bond acceptors (Lipinski definition) is 5. The second-order valence-electron chi connectivity index (χ2n) is 3.49. The Bertz CT molecular complexity index is 429. The molecule has 1 saturated heterocycles. The van der Waals surface area contributed by atoms with Crippen molar-refractivity contribution in [3.8, 4) is 0 Å². The number of ether oxygens (including phenoxy) is 1. The first-order chi connectivity index (χ1) is 7.63. The fraction of sp³-hybridized carbons (Fsp3) is 0.400. The van der Waals surface area contributed by atoms with Crippen molar-refractivity contribution in [2.75, 3.05) is 18.6 Å². The number of thiophene rings is 1. The highest BCUT2D eigenvalue weighted by atomic mass is 32.1. The van der Waals surface area contributed by atoms with E-state index in [2.05, 4.69) is 17.4 Å². The molecule has 2 rings (SSSR count). The Morgan fingerprint density at radius 3 is 3.00 bits per heavy atom. The van der Waals surface area contributed by atoms with Crippen molar-refractivity contribution < 1.29 is 14.3 Å². The van der Waals surface area contributed by atoms with Crippen LogP contribution >= 0.6 is 24.0 Å². The van der Waals surface area contributed by atoms with Crippen LogP contribution in [0.5, 0.6) is 0 Å². The summed E-state index contributed by atoms with van der Waals surface area (Å²) in [7, 11) is 1.33. The van der Waals surface area contributed by atoms with Gasteiger partial charge in [-0.15, -0.1) is 11.3 Å². The number of carbonyl (C=O) groups is 2. The Morgan fingerprint density at radius 2 is 2.44 bits per heavy atom. The monoisotopic (exact) mass is 257 g/mol. The van der Waals surface area contributed by atoms with Crippen LogP contribution in [-0.2, 0) is 9.53 Å². The van der Waals surface area contributed by atoms with Gasteiger partial charge in [-0.25, -0.2) is 4.79 Å². The minimum absolute atomic E-state index is 0.00704. The van der Waals surface area contributed by atoms with Crippen molar-refractivity contribution in [3.05, 3.63) is 17.0 Å². The first-order valence-electron chi connectivity index (χ1n) is 4.77. The van der Waals surface area contributed by atoms with Crippen molar-refractivity contribution in [2.45, 2.75) is 11.7 Å². The summed E-state index contributed by atoms with van der Waals surface area (Å²) in [4.78, 5) is 24.8. The van der Waals surface area contributed by atoms with Crippen LogP contribution in [0.2, 0.25) is 0 Å². The first-order valence-corrected chi connectivity index (χ1v) is 6.17. The third-order valence-corrected chi connectivity index (χ3v) is 3.68. The molecule has 1 atom stereocenters. The third-order valence-electron chi connectivity index (χ3n) is 2.40. The Morgan fingerprint density at radius 1 is 1.69 bits per heavy atom. The molecule has 1 aromatic heterocycles. The molecular formula is C10H11NO3S2. The predicted molar refractivity (Wildman–Crippen MR) is 65.4 cm³/mol. The highest BCUT2D eigenvalue weighted by Crippen LogP contribution is 2.32. The van der Waals surface area contributed by atoms with Gasteiger partial charge in [-0.2, -0.15) is 12.6 Å². The van der Waals surface area contributed by atoms with Crippen molar-refractivity contribution >= 4 is 40.8 Å². The summed E-state index contributed by atoms with van der Waals surface area (Å²) >= 11 is 5.64. The molecule has 0 radical (unpaired) electrons. The summed E-state index contributed by atoms with van der Waals surface area (Å²) in [6.07, 6.45) is 0.418. The van der Waals surface area contributed by atoms with Gasteiger partial charge in [0, 0.05) is 18.2 Å². The minimum Gasteiger partial charge on any atom is -0.465 e. The van der Waals surface area contributed by atoms with Gasteiger partial charge in [0.1, 0.15) is 5.00 Å². The second kappa shape index (κ2) is 4.47. The first kappa shape index (κ1) is 11.5. The topological polar surface area (TPSA) is 46.6 Å². The summed E-state index contributed by atoms with van der Waals surface area (Å²) in [5.74, 6) is -0.403. The molecule has 0 saturated carbocycles. The quantitative estimate of drug-likeness (QED) is 0.646. The van der Waals surface area contributed by atoms with Gasteiger partial charge >= 0.3 is 5.97 Å². The number of hydrogen-bond donors (Lipinski definition) is 1. The number of methoxy groups -OCH3 is 1. The number of anilines is 1. The zero-order valence-corrected chi connectivity index (χ0v) is 10.4. The molecule has 1 aliphatic heterocycles. The molecule has 1 aliphatic rings. The Kier molecular flexibility index (Phi) is 3.20. The van der Waals surface area contributed by atoms with E-state index in [4.69, 9.17) is 0 Å². The van der Waals surface area contributed by atoms with Gasteiger partial charge < -0.3 is 9.64 Å². The largest absolute Gasteiger partial charge is 0.465 e. The summed E-state index contributed by atoms with van der Waals surface area (Å²) in [6, 6.07) is 1.67. The average molecular weight is 257 g/mol. The molecule has 1 aromatic rings. The maximum Gasteiger partial charge on any atom is 0.340 e. The van der Waals surface area contributed by atoms with Crippen LogP contribution in [-0.4, -0.2) is 30.8 Å². The van der Waals surface area contributed by atoms with Gasteiger partial charge in [0.05, 0.1) is 12.7 Å². The highest BCUT2D eigenvalue weighted by Gasteiger charge is 2.31. The number of thiol groups is 1. The predicted octanol–water partition coefficient (Wildman–Crippen LogP) is 1.57. The van der Waals surface area contributed by atoms with E-state index < -0.39 is 5.97 Å². The smallest absolute Gasteiger partial charge is 0.340 e. The Balaban J connectivity index is 2.31. The van der Waals surface area contributed by atoms with Crippen molar-refractivity contribution in [1.29, 1.82) is 0 Å². The normalized spacial score (nSPS) is 20.2. The van der Waals surface area contributed by atoms with E-state index in [0.29, 0.717) is 23.5 Å². The molecular weight excluding hydrogens is 246 g/mol. The van der Waals surface area contributed by atoms with Crippen molar-refractivity contribution in [2.24, 2.45) is 0 Å². The van der Waals surface area contributed by atoms with Gasteiger partial charge in [0.2, 0.25) is 5.91 Å². The number of amides is 1. The number of carbonyl (C=O) groups excluding carboxylic acids is 2. The van der Waals surface area contributed by atoms with Crippen molar-refractivity contribution in [1.82, 2.24) is 0 Å². The maximum atomic E-state index is 11.7. The highest BCUT2D eigenvalue weighted by molar-refractivity contribution is 7.81. The van der Waals surface area contributed by atoms with Crippen LogP contribution in [0.4, 0.5) is 5.00 Å². The molecule has 16 heavy (non-hydrogen) atoms. The van der Waals surface area contributed by atoms with E-state index in [1.54, 1.807) is 16.3 Å². The van der Waals surface area contributed by atoms with Crippen LogP contribution in [0.15, 0.2) is 11.4 Å². The minimum atomic E-state index is -0.410. The van der Waals surface area contributed by atoms with Gasteiger partial charge in [-0.05, 0) is 11.4 Å². The lowest BCUT2D eigenvalue weighted by Crippen LogP contribution is -2.25. The van der Waals surface area contributed by atoms with E-state index in [1.807, 2.05) is 0 Å². The number of esters is 1. The third kappa shape index (κ3) is 1.94. The molecule has 1 unspecified atom stereocenters. The average Bonchev–Trinajstić information content (AvgIpc) is 2.83. The summed E-state index contributed by atoms with van der Waals surface area (Å²) in [5.41, 5.74) is 0.447. The summed E-state index contributed by atoms with van der Waals surface area (Å²) in [5, 5.41) is 2.48. The molecule has 0 aliphatic carbocycles. The lowest BCUT2D eigenvalue weighted by molar-refractivity contribution is -0.116. The molecule has 6 heteroatoms. The van der Waals surface area contributed by atoms with Gasteiger partial charge in [-0.1, -0.05) is 0 Å². The SMILES string of the molecule is COC(=O)c1ccsc1N1CC(S)CC1=O. The van der Waals surface area contributed by atoms with Crippen LogP contribution < -0.4 is 4.90 Å². The number of rotatable bonds is 2. The Labute approximate surface area is 103 Å². The fourth-order valence-corrected chi connectivity index (χ4v) is 2.90. The van der Waals surface area contributed by atoms with E-state index in [9.17, 15) is 9.59 Å². The van der Waals surface area contributed by atoms with Crippen LogP contribution in [0.3, 0.4) is 0 Å². The molecule has 86 valence electrons. The molecule has 0 spiro atoms. The molecule has 0 bridgehead atoms. The lowest BCUT2D eigenvalue weighted by atomic mass is 10.3. The van der Waals surface area contributed by atoms with Gasteiger partial charge in [-0.3, -0.25) is 4.79 Å². The second-order valence-corrected chi connectivity index (χ2v) is 5.12.